The summed E-state index contributed by atoms with van der Waals surface area (Å²) >= 11 is 0. The molecule has 3 rings (SSSR count). The maximum atomic E-state index is 14.0. The fraction of sp³-hybridized carbons (Fsp3) is 0.526. The molecule has 2 heterocycles. The van der Waals surface area contributed by atoms with Crippen LogP contribution >= 0.6 is 0 Å². The van der Waals surface area contributed by atoms with E-state index in [1.807, 2.05) is 30.8 Å². The van der Waals surface area contributed by atoms with Gasteiger partial charge in [0.25, 0.3) is 0 Å². The van der Waals surface area contributed by atoms with Gasteiger partial charge in [0.05, 0.1) is 5.69 Å². The van der Waals surface area contributed by atoms with Crippen LogP contribution in [-0.2, 0) is 20.1 Å². The highest BCUT2D eigenvalue weighted by Crippen LogP contribution is 2.20. The zero-order chi connectivity index (χ0) is 17.8. The lowest BCUT2D eigenvalue weighted by atomic mass is 10.1. The molecule has 5 nitrogen and oxygen atoms in total. The van der Waals surface area contributed by atoms with Crippen molar-refractivity contribution < 1.29 is 9.50 Å². The molecule has 6 heteroatoms. The quantitative estimate of drug-likeness (QED) is 0.868. The molecule has 0 aliphatic carbocycles. The maximum absolute atomic E-state index is 14.0. The molecule has 0 saturated carbocycles. The van der Waals surface area contributed by atoms with Crippen LogP contribution < -0.4 is 0 Å². The number of hydrogen-bond acceptors (Lipinski definition) is 4. The van der Waals surface area contributed by atoms with Crippen molar-refractivity contribution in [2.45, 2.75) is 32.5 Å². The summed E-state index contributed by atoms with van der Waals surface area (Å²) in [7, 11) is 1.94. The molecule has 25 heavy (non-hydrogen) atoms. The number of rotatable bonds is 6. The van der Waals surface area contributed by atoms with Gasteiger partial charge in [0, 0.05) is 69.7 Å². The summed E-state index contributed by atoms with van der Waals surface area (Å²) in [6.07, 6.45) is 2.78. The molecule has 1 aliphatic rings. The van der Waals surface area contributed by atoms with Gasteiger partial charge in [-0.2, -0.15) is 5.10 Å². The number of aliphatic hydroxyl groups excluding tert-OH is 1. The van der Waals surface area contributed by atoms with Gasteiger partial charge in [-0.3, -0.25) is 14.5 Å². The predicted octanol–water partition coefficient (Wildman–Crippen LogP) is 1.94. The van der Waals surface area contributed by atoms with Crippen LogP contribution in [0.1, 0.15) is 23.2 Å². The molecule has 1 N–H and O–H groups in total. The number of halogens is 1. The van der Waals surface area contributed by atoms with E-state index in [1.54, 1.807) is 6.07 Å². The number of nitrogens with zero attached hydrogens (tertiary/aromatic N) is 4. The second kappa shape index (κ2) is 8.08. The standard InChI is InChI=1S/C19H27FN4O/c1-15-17(11-22(2)21-15)12-23-8-9-24(18(14-23)7-10-25)13-16-5-3-4-6-19(16)20/h3-6,11,18,25H,7-10,12-14H2,1-2H3. The summed E-state index contributed by atoms with van der Waals surface area (Å²) < 4.78 is 15.8. The molecule has 0 spiro atoms. The molecular weight excluding hydrogens is 319 g/mol. The van der Waals surface area contributed by atoms with Crippen molar-refractivity contribution in [2.75, 3.05) is 26.2 Å². The van der Waals surface area contributed by atoms with Crippen LogP contribution in [0.25, 0.3) is 0 Å². The molecule has 0 amide bonds. The zero-order valence-electron chi connectivity index (χ0n) is 15.0. The third-order valence-electron chi connectivity index (χ3n) is 4.99. The van der Waals surface area contributed by atoms with Crippen LogP contribution in [0.15, 0.2) is 30.5 Å². The Morgan fingerprint density at radius 1 is 1.20 bits per heavy atom. The van der Waals surface area contributed by atoms with Crippen molar-refractivity contribution >= 4 is 0 Å². The Labute approximate surface area is 148 Å². The van der Waals surface area contributed by atoms with Crippen LogP contribution in [-0.4, -0.2) is 57.0 Å². The van der Waals surface area contributed by atoms with E-state index in [1.165, 1.54) is 11.6 Å². The van der Waals surface area contributed by atoms with Gasteiger partial charge in [-0.1, -0.05) is 18.2 Å². The predicted molar refractivity (Wildman–Crippen MR) is 95.5 cm³/mol. The molecule has 1 unspecified atom stereocenters. The Kier molecular flexibility index (Phi) is 5.83. The van der Waals surface area contributed by atoms with Crippen molar-refractivity contribution in [1.29, 1.82) is 0 Å². The van der Waals surface area contributed by atoms with Crippen molar-refractivity contribution in [3.63, 3.8) is 0 Å². The van der Waals surface area contributed by atoms with E-state index in [4.69, 9.17) is 0 Å². The van der Waals surface area contributed by atoms with Crippen molar-refractivity contribution in [1.82, 2.24) is 19.6 Å². The first kappa shape index (κ1) is 18.0. The number of piperazine rings is 1. The molecule has 0 bridgehead atoms. The zero-order valence-corrected chi connectivity index (χ0v) is 15.0. The molecule has 1 atom stereocenters. The largest absolute Gasteiger partial charge is 0.396 e. The Morgan fingerprint density at radius 3 is 2.68 bits per heavy atom. The lowest BCUT2D eigenvalue weighted by molar-refractivity contribution is 0.0492. The average Bonchev–Trinajstić information content (AvgIpc) is 2.89. The first-order chi connectivity index (χ1) is 12.1. The van der Waals surface area contributed by atoms with Gasteiger partial charge in [0.1, 0.15) is 5.82 Å². The highest BCUT2D eigenvalue weighted by Gasteiger charge is 2.27. The van der Waals surface area contributed by atoms with Crippen LogP contribution in [0.2, 0.25) is 0 Å². The highest BCUT2D eigenvalue weighted by molar-refractivity contribution is 5.18. The number of hydrogen-bond donors (Lipinski definition) is 1. The minimum absolute atomic E-state index is 0.151. The number of benzene rings is 1. The Morgan fingerprint density at radius 2 is 2.00 bits per heavy atom. The lowest BCUT2D eigenvalue weighted by Gasteiger charge is -2.41. The van der Waals surface area contributed by atoms with Crippen molar-refractivity contribution in [2.24, 2.45) is 7.05 Å². The monoisotopic (exact) mass is 346 g/mol. The van der Waals surface area contributed by atoms with E-state index in [-0.39, 0.29) is 18.5 Å². The Balaban J connectivity index is 1.66. The lowest BCUT2D eigenvalue weighted by Crippen LogP contribution is -2.52. The van der Waals surface area contributed by atoms with Gasteiger partial charge in [-0.05, 0) is 19.4 Å². The fourth-order valence-corrected chi connectivity index (χ4v) is 3.62. The van der Waals surface area contributed by atoms with E-state index < -0.39 is 0 Å². The number of aliphatic hydroxyl groups is 1. The summed E-state index contributed by atoms with van der Waals surface area (Å²) in [5, 5.41) is 13.9. The smallest absolute Gasteiger partial charge is 0.127 e. The summed E-state index contributed by atoms with van der Waals surface area (Å²) in [5.41, 5.74) is 3.03. The summed E-state index contributed by atoms with van der Waals surface area (Å²) in [4.78, 5) is 4.70. The molecule has 1 fully saturated rings. The molecular formula is C19H27FN4O. The van der Waals surface area contributed by atoms with E-state index in [2.05, 4.69) is 21.1 Å². The first-order valence-electron chi connectivity index (χ1n) is 8.86. The van der Waals surface area contributed by atoms with Gasteiger partial charge < -0.3 is 5.11 Å². The van der Waals surface area contributed by atoms with E-state index >= 15 is 0 Å². The molecule has 136 valence electrons. The maximum Gasteiger partial charge on any atom is 0.127 e. The molecule has 0 radical (unpaired) electrons. The molecule has 1 aliphatic heterocycles. The molecule has 2 aromatic rings. The topological polar surface area (TPSA) is 44.5 Å². The number of aryl methyl sites for hydroxylation is 2. The second-order valence-electron chi connectivity index (χ2n) is 6.88. The summed E-state index contributed by atoms with van der Waals surface area (Å²) in [5.74, 6) is -0.154. The van der Waals surface area contributed by atoms with Gasteiger partial charge in [0.2, 0.25) is 0 Å². The average molecular weight is 346 g/mol. The second-order valence-corrected chi connectivity index (χ2v) is 6.88. The van der Waals surface area contributed by atoms with Gasteiger partial charge in [-0.15, -0.1) is 0 Å². The summed E-state index contributed by atoms with van der Waals surface area (Å²) in [6.45, 7) is 6.34. The van der Waals surface area contributed by atoms with Crippen molar-refractivity contribution in [3.05, 3.63) is 53.1 Å². The minimum atomic E-state index is -0.154. The molecule has 1 aromatic carbocycles. The van der Waals surface area contributed by atoms with E-state index in [9.17, 15) is 9.50 Å². The molecule has 1 aromatic heterocycles. The van der Waals surface area contributed by atoms with Gasteiger partial charge in [0.15, 0.2) is 0 Å². The SMILES string of the molecule is Cc1nn(C)cc1CN1CCN(Cc2ccccc2F)C(CCO)C1. The highest BCUT2D eigenvalue weighted by atomic mass is 19.1. The minimum Gasteiger partial charge on any atom is -0.396 e. The Bertz CT molecular complexity index is 702. The summed E-state index contributed by atoms with van der Waals surface area (Å²) in [6, 6.07) is 7.18. The van der Waals surface area contributed by atoms with Crippen LogP contribution in [0.5, 0.6) is 0 Å². The third-order valence-corrected chi connectivity index (χ3v) is 4.99. The number of aromatic nitrogens is 2. The fourth-order valence-electron chi connectivity index (χ4n) is 3.62. The Hall–Kier alpha value is -1.76. The van der Waals surface area contributed by atoms with E-state index in [0.717, 1.165) is 37.4 Å². The normalized spacial score (nSPS) is 19.4. The third kappa shape index (κ3) is 4.45. The van der Waals surface area contributed by atoms with Gasteiger partial charge in [-0.25, -0.2) is 4.39 Å². The van der Waals surface area contributed by atoms with Crippen molar-refractivity contribution in [3.8, 4) is 0 Å². The first-order valence-corrected chi connectivity index (χ1v) is 8.86. The van der Waals surface area contributed by atoms with Crippen LogP contribution in [0, 0.1) is 12.7 Å². The van der Waals surface area contributed by atoms with Gasteiger partial charge >= 0.3 is 0 Å². The molecule has 1 saturated heterocycles. The van der Waals surface area contributed by atoms with E-state index in [0.29, 0.717) is 13.0 Å². The van der Waals surface area contributed by atoms with Crippen LogP contribution in [0.4, 0.5) is 4.39 Å². The van der Waals surface area contributed by atoms with Crippen LogP contribution in [0.3, 0.4) is 0 Å².